The van der Waals surface area contributed by atoms with Crippen molar-refractivity contribution in [2.75, 3.05) is 6.61 Å². The topological polar surface area (TPSA) is 74.6 Å². The van der Waals surface area contributed by atoms with Gasteiger partial charge in [-0.1, -0.05) is 38.5 Å². The van der Waals surface area contributed by atoms with Gasteiger partial charge >= 0.3 is 0 Å². The number of Topliss-reactive ketones (excluding diaryl/α,β-unsaturated/α-hetero) is 1. The molecule has 0 aromatic heterocycles. The number of rotatable bonds is 2. The van der Waals surface area contributed by atoms with Crippen LogP contribution in [0.25, 0.3) is 0 Å². The quantitative estimate of drug-likeness (QED) is 0.733. The highest BCUT2D eigenvalue weighted by Crippen LogP contribution is 2.67. The molecule has 0 amide bonds. The molecule has 0 radical (unpaired) electrons. The van der Waals surface area contributed by atoms with Crippen molar-refractivity contribution in [2.45, 2.75) is 52.6 Å². The summed E-state index contributed by atoms with van der Waals surface area (Å²) in [7, 11) is 0. The van der Waals surface area contributed by atoms with Crippen molar-refractivity contribution < 1.29 is 19.8 Å². The standard InChI is InChI=1S/C23H30O4/c1-13-9-16-17(21(3)7-5-15(25)11-18(13)21)6-8-22(4)19(16)10-14(2)23(22,27)20(26)12-24/h5-7,11,13-14,16,19,24,27H,8-10,12H2,1-4H3/t13-,14+,16?,19?,21+,22-,23-/m0/s1. The molecule has 0 saturated heterocycles. The lowest BCUT2D eigenvalue weighted by molar-refractivity contribution is -0.161. The van der Waals surface area contributed by atoms with Crippen LogP contribution in [0.1, 0.15) is 47.0 Å². The lowest BCUT2D eigenvalue weighted by atomic mass is 9.49. The van der Waals surface area contributed by atoms with Crippen molar-refractivity contribution in [1.82, 2.24) is 0 Å². The molecular formula is C23H30O4. The van der Waals surface area contributed by atoms with E-state index < -0.39 is 23.4 Å². The second kappa shape index (κ2) is 5.74. The molecular weight excluding hydrogens is 340 g/mol. The van der Waals surface area contributed by atoms with Gasteiger partial charge < -0.3 is 10.2 Å². The molecule has 2 unspecified atom stereocenters. The van der Waals surface area contributed by atoms with Crippen molar-refractivity contribution >= 4 is 11.6 Å². The summed E-state index contributed by atoms with van der Waals surface area (Å²) in [5, 5.41) is 21.0. The van der Waals surface area contributed by atoms with Crippen LogP contribution in [0.5, 0.6) is 0 Å². The van der Waals surface area contributed by atoms with Crippen LogP contribution in [0.2, 0.25) is 0 Å². The van der Waals surface area contributed by atoms with E-state index in [1.54, 1.807) is 12.2 Å². The molecule has 2 N–H and O–H groups in total. The molecule has 4 rings (SSSR count). The molecule has 7 atom stereocenters. The zero-order valence-corrected chi connectivity index (χ0v) is 16.7. The summed E-state index contributed by atoms with van der Waals surface area (Å²) >= 11 is 0. The molecule has 146 valence electrons. The fourth-order valence-electron chi connectivity index (χ4n) is 6.99. The second-order valence-electron chi connectivity index (χ2n) is 9.65. The zero-order chi connectivity index (χ0) is 19.8. The Kier molecular flexibility index (Phi) is 4.00. The summed E-state index contributed by atoms with van der Waals surface area (Å²) in [5.41, 5.74) is 0.237. The Hall–Kier alpha value is -1.52. The van der Waals surface area contributed by atoms with Crippen molar-refractivity contribution in [1.29, 1.82) is 0 Å². The molecule has 0 aromatic carbocycles. The first-order chi connectivity index (χ1) is 12.6. The van der Waals surface area contributed by atoms with Crippen LogP contribution < -0.4 is 0 Å². The summed E-state index contributed by atoms with van der Waals surface area (Å²) in [4.78, 5) is 24.5. The van der Waals surface area contributed by atoms with Crippen LogP contribution in [-0.4, -0.2) is 34.0 Å². The van der Waals surface area contributed by atoms with E-state index in [9.17, 15) is 19.8 Å². The maximum atomic E-state index is 12.6. The van der Waals surface area contributed by atoms with Crippen molar-refractivity contribution in [3.8, 4) is 0 Å². The van der Waals surface area contributed by atoms with Crippen LogP contribution in [0.3, 0.4) is 0 Å². The van der Waals surface area contributed by atoms with Crippen molar-refractivity contribution in [3.63, 3.8) is 0 Å². The largest absolute Gasteiger partial charge is 0.388 e. The van der Waals surface area contributed by atoms with E-state index in [4.69, 9.17) is 0 Å². The van der Waals surface area contributed by atoms with E-state index in [0.717, 1.165) is 12.8 Å². The molecule has 2 fully saturated rings. The third kappa shape index (κ3) is 2.17. The van der Waals surface area contributed by atoms with Gasteiger partial charge in [-0.15, -0.1) is 0 Å². The third-order valence-corrected chi connectivity index (χ3v) is 8.43. The summed E-state index contributed by atoms with van der Waals surface area (Å²) in [6.45, 7) is 7.73. The highest BCUT2D eigenvalue weighted by molar-refractivity contribution is 6.01. The molecule has 4 heteroatoms. The molecule has 2 saturated carbocycles. The number of fused-ring (bicyclic) bond motifs is 5. The van der Waals surface area contributed by atoms with Crippen molar-refractivity contribution in [2.24, 2.45) is 34.5 Å². The molecule has 27 heavy (non-hydrogen) atoms. The van der Waals surface area contributed by atoms with Gasteiger partial charge in [0.2, 0.25) is 0 Å². The van der Waals surface area contributed by atoms with Gasteiger partial charge in [0, 0.05) is 10.8 Å². The number of aliphatic hydroxyl groups is 2. The molecule has 4 aliphatic rings. The van der Waals surface area contributed by atoms with Crippen LogP contribution >= 0.6 is 0 Å². The predicted octanol–water partition coefficient (Wildman–Crippen LogP) is 3.00. The minimum atomic E-state index is -1.48. The lowest BCUT2D eigenvalue weighted by Gasteiger charge is -2.55. The summed E-state index contributed by atoms with van der Waals surface area (Å²) in [6.07, 6.45) is 10.1. The lowest BCUT2D eigenvalue weighted by Crippen LogP contribution is -2.57. The van der Waals surface area contributed by atoms with E-state index in [1.807, 2.05) is 19.9 Å². The number of hydrogen-bond donors (Lipinski definition) is 2. The molecule has 0 bridgehead atoms. The van der Waals surface area contributed by atoms with E-state index >= 15 is 0 Å². The van der Waals surface area contributed by atoms with Gasteiger partial charge in [0.15, 0.2) is 11.6 Å². The third-order valence-electron chi connectivity index (χ3n) is 8.43. The Morgan fingerprint density at radius 2 is 1.93 bits per heavy atom. The number of carbonyl (C=O) groups is 2. The number of allylic oxidation sites excluding steroid dienone is 6. The van der Waals surface area contributed by atoms with Crippen molar-refractivity contribution in [3.05, 3.63) is 35.5 Å². The predicted molar refractivity (Wildman–Crippen MR) is 103 cm³/mol. The monoisotopic (exact) mass is 370 g/mol. The Labute approximate surface area is 161 Å². The first-order valence-corrected chi connectivity index (χ1v) is 10.1. The van der Waals surface area contributed by atoms with Crippen LogP contribution in [0, 0.1) is 34.5 Å². The molecule has 4 nitrogen and oxygen atoms in total. The van der Waals surface area contributed by atoms with Gasteiger partial charge in [0.25, 0.3) is 0 Å². The van der Waals surface area contributed by atoms with Gasteiger partial charge in [-0.3, -0.25) is 9.59 Å². The van der Waals surface area contributed by atoms with E-state index in [-0.39, 0.29) is 34.9 Å². The Bertz CT molecular complexity index is 805. The number of carbonyl (C=O) groups excluding carboxylic acids is 2. The number of ketones is 2. The van der Waals surface area contributed by atoms with E-state index in [0.29, 0.717) is 6.42 Å². The molecule has 0 aliphatic heterocycles. The number of aliphatic hydroxyl groups excluding tert-OH is 1. The van der Waals surface area contributed by atoms with E-state index in [1.165, 1.54) is 11.1 Å². The molecule has 4 aliphatic carbocycles. The van der Waals surface area contributed by atoms with Gasteiger partial charge in [-0.05, 0) is 67.6 Å². The fraction of sp³-hybridized carbons (Fsp3) is 0.652. The van der Waals surface area contributed by atoms with Gasteiger partial charge in [-0.25, -0.2) is 0 Å². The van der Waals surface area contributed by atoms with Gasteiger partial charge in [-0.2, -0.15) is 0 Å². The zero-order valence-electron chi connectivity index (χ0n) is 16.7. The van der Waals surface area contributed by atoms with Crippen LogP contribution in [-0.2, 0) is 9.59 Å². The maximum Gasteiger partial charge on any atom is 0.190 e. The fourth-order valence-corrected chi connectivity index (χ4v) is 6.99. The minimum absolute atomic E-state index is 0.0615. The first kappa shape index (κ1) is 18.8. The highest BCUT2D eigenvalue weighted by atomic mass is 16.3. The minimum Gasteiger partial charge on any atom is -0.388 e. The first-order valence-electron chi connectivity index (χ1n) is 10.1. The van der Waals surface area contributed by atoms with E-state index in [2.05, 4.69) is 19.9 Å². The molecule has 0 spiro atoms. The highest BCUT2D eigenvalue weighted by Gasteiger charge is 2.67. The molecule has 0 heterocycles. The summed E-state index contributed by atoms with van der Waals surface area (Å²) in [5.74, 6) is 0.193. The summed E-state index contributed by atoms with van der Waals surface area (Å²) < 4.78 is 0. The normalized spacial score (nSPS) is 48.3. The average molecular weight is 370 g/mol. The van der Waals surface area contributed by atoms with Crippen LogP contribution in [0.4, 0.5) is 0 Å². The Morgan fingerprint density at radius 1 is 1.22 bits per heavy atom. The average Bonchev–Trinajstić information content (AvgIpc) is 2.84. The van der Waals surface area contributed by atoms with Gasteiger partial charge in [0.1, 0.15) is 12.2 Å². The summed E-state index contributed by atoms with van der Waals surface area (Å²) in [6, 6.07) is 0. The number of hydrogen-bond acceptors (Lipinski definition) is 4. The Balaban J connectivity index is 1.82. The maximum absolute atomic E-state index is 12.6. The second-order valence-corrected chi connectivity index (χ2v) is 9.65. The smallest absolute Gasteiger partial charge is 0.190 e. The Morgan fingerprint density at radius 3 is 2.59 bits per heavy atom. The SMILES string of the molecule is C[C@@H]1CC2C3C[C@H](C)C4=CC(=O)C=C[C@]4(C)C3=CC[C@]2(C)[C@@]1(O)C(=O)CO. The van der Waals surface area contributed by atoms with Gasteiger partial charge in [0.05, 0.1) is 0 Å². The molecule has 0 aromatic rings. The van der Waals surface area contributed by atoms with Crippen LogP contribution in [0.15, 0.2) is 35.5 Å².